The van der Waals surface area contributed by atoms with Crippen molar-refractivity contribution in [3.63, 3.8) is 0 Å². The minimum Gasteiger partial charge on any atom is -0.370 e. The van der Waals surface area contributed by atoms with Gasteiger partial charge in [0.25, 0.3) is 5.91 Å². The van der Waals surface area contributed by atoms with Gasteiger partial charge in [0.2, 0.25) is 0 Å². The van der Waals surface area contributed by atoms with Crippen molar-refractivity contribution in [1.82, 2.24) is 9.88 Å². The summed E-state index contributed by atoms with van der Waals surface area (Å²) in [5, 5.41) is 9.30. The third-order valence-corrected chi connectivity index (χ3v) is 4.52. The van der Waals surface area contributed by atoms with Crippen molar-refractivity contribution in [2.75, 3.05) is 13.1 Å². The fourth-order valence-electron chi connectivity index (χ4n) is 2.48. The Morgan fingerprint density at radius 2 is 2.24 bits per heavy atom. The van der Waals surface area contributed by atoms with E-state index in [2.05, 4.69) is 4.98 Å². The van der Waals surface area contributed by atoms with Crippen LogP contribution in [0.4, 0.5) is 0 Å². The third-order valence-electron chi connectivity index (χ3n) is 3.63. The molecule has 0 saturated carbocycles. The fourth-order valence-corrected chi connectivity index (χ4v) is 3.25. The van der Waals surface area contributed by atoms with Crippen LogP contribution >= 0.6 is 11.3 Å². The molecule has 0 aliphatic carbocycles. The second-order valence-electron chi connectivity index (χ2n) is 5.20. The van der Waals surface area contributed by atoms with Crippen LogP contribution in [0.15, 0.2) is 5.38 Å². The third kappa shape index (κ3) is 4.01. The molecule has 0 bridgehead atoms. The number of guanidine groups is 1. The van der Waals surface area contributed by atoms with E-state index in [1.165, 1.54) is 5.38 Å². The predicted octanol–water partition coefficient (Wildman–Crippen LogP) is 0.810. The number of aromatic nitrogens is 1. The Labute approximate surface area is 126 Å². The minimum atomic E-state index is -0.616. The number of carbonyl (C=O) groups excluding carboxylic acids is 2. The fraction of sp³-hybridized carbons (Fsp3) is 0.538. The Kier molecular flexibility index (Phi) is 4.89. The maximum Gasteiger partial charge on any atom is 0.268 e. The number of hydrogen-bond donors (Lipinski definition) is 3. The van der Waals surface area contributed by atoms with Gasteiger partial charge in [0.05, 0.1) is 0 Å². The number of nitrogens with zero attached hydrogens (tertiary/aromatic N) is 2. The second kappa shape index (κ2) is 6.66. The number of ketones is 1. The number of thiazole rings is 1. The van der Waals surface area contributed by atoms with Crippen molar-refractivity contribution in [2.45, 2.75) is 25.7 Å². The first-order chi connectivity index (χ1) is 9.97. The van der Waals surface area contributed by atoms with Crippen molar-refractivity contribution >= 4 is 29.0 Å². The SMILES string of the molecule is N=C(N)N1CCCC(CCC(=O)c2nc(C(N)=O)cs2)C1. The first-order valence-corrected chi connectivity index (χ1v) is 7.73. The van der Waals surface area contributed by atoms with Gasteiger partial charge in [-0.25, -0.2) is 4.98 Å². The average Bonchev–Trinajstić information content (AvgIpc) is 2.95. The molecule has 114 valence electrons. The lowest BCUT2D eigenvalue weighted by Crippen LogP contribution is -2.43. The van der Waals surface area contributed by atoms with Gasteiger partial charge in [0.1, 0.15) is 5.69 Å². The van der Waals surface area contributed by atoms with Gasteiger partial charge in [0, 0.05) is 24.9 Å². The van der Waals surface area contributed by atoms with Crippen LogP contribution < -0.4 is 11.5 Å². The highest BCUT2D eigenvalue weighted by atomic mass is 32.1. The summed E-state index contributed by atoms with van der Waals surface area (Å²) in [6.07, 6.45) is 3.17. The molecule has 8 heteroatoms. The van der Waals surface area contributed by atoms with Crippen LogP contribution in [-0.2, 0) is 0 Å². The minimum absolute atomic E-state index is 0.0625. The van der Waals surface area contributed by atoms with Gasteiger partial charge >= 0.3 is 0 Å². The number of nitrogens with one attached hydrogen (secondary N) is 1. The highest BCUT2D eigenvalue weighted by Crippen LogP contribution is 2.22. The van der Waals surface area contributed by atoms with E-state index in [4.69, 9.17) is 16.9 Å². The van der Waals surface area contributed by atoms with E-state index >= 15 is 0 Å². The van der Waals surface area contributed by atoms with Crippen molar-refractivity contribution < 1.29 is 9.59 Å². The van der Waals surface area contributed by atoms with Gasteiger partial charge in [-0.2, -0.15) is 0 Å². The monoisotopic (exact) mass is 309 g/mol. The van der Waals surface area contributed by atoms with Gasteiger partial charge in [-0.15, -0.1) is 11.3 Å². The zero-order valence-electron chi connectivity index (χ0n) is 11.7. The maximum absolute atomic E-state index is 12.1. The number of primary amides is 1. The summed E-state index contributed by atoms with van der Waals surface area (Å²) < 4.78 is 0. The molecule has 21 heavy (non-hydrogen) atoms. The van der Waals surface area contributed by atoms with Crippen LogP contribution in [-0.4, -0.2) is 40.6 Å². The van der Waals surface area contributed by atoms with Gasteiger partial charge in [-0.1, -0.05) is 0 Å². The van der Waals surface area contributed by atoms with Crippen LogP contribution in [0.3, 0.4) is 0 Å². The molecular weight excluding hydrogens is 290 g/mol. The van der Waals surface area contributed by atoms with E-state index in [-0.39, 0.29) is 17.4 Å². The quantitative estimate of drug-likeness (QED) is 0.421. The molecule has 5 N–H and O–H groups in total. The lowest BCUT2D eigenvalue weighted by atomic mass is 9.93. The first kappa shape index (κ1) is 15.4. The molecule has 7 nitrogen and oxygen atoms in total. The number of amides is 1. The number of likely N-dealkylation sites (tertiary alicyclic amines) is 1. The summed E-state index contributed by atoms with van der Waals surface area (Å²) in [4.78, 5) is 28.8. The summed E-state index contributed by atoms with van der Waals surface area (Å²) in [5.74, 6) is -0.221. The molecule has 1 aliphatic heterocycles. The number of Topliss-reactive ketones (excluding diaryl/α,β-unsaturated/α-hetero) is 1. The molecule has 2 heterocycles. The molecule has 2 rings (SSSR count). The number of hydrogen-bond acceptors (Lipinski definition) is 5. The Morgan fingerprint density at radius 3 is 2.86 bits per heavy atom. The first-order valence-electron chi connectivity index (χ1n) is 6.85. The van der Waals surface area contributed by atoms with Crippen LogP contribution in [0.1, 0.15) is 46.0 Å². The largest absolute Gasteiger partial charge is 0.370 e. The molecule has 1 aliphatic rings. The van der Waals surface area contributed by atoms with Crippen LogP contribution in [0.2, 0.25) is 0 Å². The zero-order chi connectivity index (χ0) is 15.4. The van der Waals surface area contributed by atoms with E-state index in [0.29, 0.717) is 17.3 Å². The predicted molar refractivity (Wildman–Crippen MR) is 80.4 cm³/mol. The molecule has 1 aromatic rings. The van der Waals surface area contributed by atoms with E-state index in [9.17, 15) is 9.59 Å². The summed E-state index contributed by atoms with van der Waals surface area (Å²) in [6.45, 7) is 1.54. The molecule has 1 saturated heterocycles. The van der Waals surface area contributed by atoms with Gasteiger partial charge in [-0.3, -0.25) is 15.0 Å². The summed E-state index contributed by atoms with van der Waals surface area (Å²) in [6, 6.07) is 0. The van der Waals surface area contributed by atoms with Crippen LogP contribution in [0.5, 0.6) is 0 Å². The number of nitrogens with two attached hydrogens (primary N) is 2. The van der Waals surface area contributed by atoms with Crippen LogP contribution in [0.25, 0.3) is 0 Å². The maximum atomic E-state index is 12.1. The van der Waals surface area contributed by atoms with Gasteiger partial charge in [-0.05, 0) is 25.2 Å². The number of piperidine rings is 1. The lowest BCUT2D eigenvalue weighted by molar-refractivity contribution is 0.0966. The molecular formula is C13H19N5O2S. The van der Waals surface area contributed by atoms with E-state index < -0.39 is 5.91 Å². The van der Waals surface area contributed by atoms with Crippen molar-refractivity contribution in [2.24, 2.45) is 17.4 Å². The molecule has 1 atom stereocenters. The van der Waals surface area contributed by atoms with Crippen molar-refractivity contribution in [3.05, 3.63) is 16.1 Å². The van der Waals surface area contributed by atoms with Gasteiger partial charge < -0.3 is 16.4 Å². The molecule has 0 aromatic carbocycles. The van der Waals surface area contributed by atoms with E-state index in [0.717, 1.165) is 43.7 Å². The Morgan fingerprint density at radius 1 is 1.48 bits per heavy atom. The number of rotatable bonds is 5. The standard InChI is InChI=1S/C13H19N5O2S/c14-11(20)9-7-21-12(17-9)10(19)4-3-8-2-1-5-18(6-8)13(15)16/h7-8H,1-6H2,(H2,14,20)(H3,15,16). The molecule has 0 spiro atoms. The molecule has 1 unspecified atom stereocenters. The molecule has 1 fully saturated rings. The van der Waals surface area contributed by atoms with E-state index in [1.807, 2.05) is 4.90 Å². The van der Waals surface area contributed by atoms with Crippen molar-refractivity contribution in [1.29, 1.82) is 5.41 Å². The average molecular weight is 309 g/mol. The van der Waals surface area contributed by atoms with Gasteiger partial charge in [0.15, 0.2) is 16.8 Å². The lowest BCUT2D eigenvalue weighted by Gasteiger charge is -2.32. The normalized spacial score (nSPS) is 18.5. The van der Waals surface area contributed by atoms with Crippen LogP contribution in [0, 0.1) is 11.3 Å². The topological polar surface area (TPSA) is 126 Å². The zero-order valence-corrected chi connectivity index (χ0v) is 12.5. The Hall–Kier alpha value is -1.96. The second-order valence-corrected chi connectivity index (χ2v) is 6.06. The Balaban J connectivity index is 1.85. The van der Waals surface area contributed by atoms with E-state index in [1.54, 1.807) is 0 Å². The van der Waals surface area contributed by atoms with Crippen molar-refractivity contribution in [3.8, 4) is 0 Å². The number of carbonyl (C=O) groups is 2. The summed E-state index contributed by atoms with van der Waals surface area (Å²) in [5.41, 5.74) is 10.8. The highest BCUT2D eigenvalue weighted by molar-refractivity contribution is 7.11. The highest BCUT2D eigenvalue weighted by Gasteiger charge is 2.22. The summed E-state index contributed by atoms with van der Waals surface area (Å²) >= 11 is 1.15. The molecule has 1 aromatic heterocycles. The molecule has 1 amide bonds. The summed E-state index contributed by atoms with van der Waals surface area (Å²) in [7, 11) is 0. The Bertz CT molecular complexity index is 557. The molecule has 0 radical (unpaired) electrons. The smallest absolute Gasteiger partial charge is 0.268 e.